The first-order valence-corrected chi connectivity index (χ1v) is 6.31. The number of ether oxygens (including phenoxy) is 1. The fourth-order valence-corrected chi connectivity index (χ4v) is 1.58. The van der Waals surface area contributed by atoms with Crippen LogP contribution in [0.25, 0.3) is 0 Å². The van der Waals surface area contributed by atoms with Crippen molar-refractivity contribution in [2.45, 2.75) is 38.8 Å². The number of rotatable bonds is 4. The summed E-state index contributed by atoms with van der Waals surface area (Å²) in [7, 11) is 0. The molecule has 1 rings (SSSR count). The molecule has 8 heteroatoms. The molecule has 0 aromatic heterocycles. The average molecular weight is 334 g/mol. The van der Waals surface area contributed by atoms with Gasteiger partial charge in [0.25, 0.3) is 0 Å². The molecule has 1 atom stereocenters. The minimum atomic E-state index is -1.23. The fraction of sp³-hybridized carbons (Fsp3) is 0.429. The molecule has 0 bridgehead atoms. The molecule has 1 aromatic carbocycles. The zero-order valence-corrected chi connectivity index (χ0v) is 13.3. The molecular formula is C14H20ClNO6. The first kappa shape index (κ1) is 19.9. The summed E-state index contributed by atoms with van der Waals surface area (Å²) >= 11 is 0. The van der Waals surface area contributed by atoms with E-state index in [1.165, 1.54) is 18.2 Å². The van der Waals surface area contributed by atoms with Gasteiger partial charge in [-0.3, -0.25) is 0 Å². The van der Waals surface area contributed by atoms with E-state index in [0.717, 1.165) is 0 Å². The van der Waals surface area contributed by atoms with Gasteiger partial charge in [0.05, 0.1) is 0 Å². The lowest BCUT2D eigenvalue weighted by molar-refractivity contribution is -0.139. The van der Waals surface area contributed by atoms with Gasteiger partial charge in [0, 0.05) is 6.42 Å². The number of halogens is 1. The van der Waals surface area contributed by atoms with Gasteiger partial charge in [-0.2, -0.15) is 0 Å². The highest BCUT2D eigenvalue weighted by atomic mass is 35.5. The molecule has 0 unspecified atom stereocenters. The monoisotopic (exact) mass is 333 g/mol. The Kier molecular flexibility index (Phi) is 6.99. The Bertz CT molecular complexity index is 541. The Balaban J connectivity index is 0.00000441. The van der Waals surface area contributed by atoms with E-state index in [-0.39, 0.29) is 30.3 Å². The molecule has 0 aliphatic carbocycles. The van der Waals surface area contributed by atoms with Crippen molar-refractivity contribution in [1.29, 1.82) is 0 Å². The predicted molar refractivity (Wildman–Crippen MR) is 81.5 cm³/mol. The van der Waals surface area contributed by atoms with E-state index in [9.17, 15) is 19.8 Å². The second-order valence-corrected chi connectivity index (χ2v) is 5.56. The van der Waals surface area contributed by atoms with Gasteiger partial charge in [-0.05, 0) is 38.5 Å². The van der Waals surface area contributed by atoms with E-state index in [1.54, 1.807) is 20.8 Å². The van der Waals surface area contributed by atoms with Gasteiger partial charge < -0.3 is 25.4 Å². The van der Waals surface area contributed by atoms with Crippen molar-refractivity contribution in [2.75, 3.05) is 0 Å². The molecule has 0 saturated heterocycles. The second-order valence-electron chi connectivity index (χ2n) is 5.56. The number of benzene rings is 1. The molecule has 124 valence electrons. The van der Waals surface area contributed by atoms with Crippen LogP contribution in [0.5, 0.6) is 11.5 Å². The second kappa shape index (κ2) is 7.74. The lowest BCUT2D eigenvalue weighted by Gasteiger charge is -2.22. The normalized spacial score (nSPS) is 12.0. The zero-order chi connectivity index (χ0) is 16.2. The summed E-state index contributed by atoms with van der Waals surface area (Å²) in [6.07, 6.45) is -0.888. The number of carbonyl (C=O) groups excluding carboxylic acids is 1. The van der Waals surface area contributed by atoms with Crippen LogP contribution in [0.1, 0.15) is 26.3 Å². The maximum atomic E-state index is 11.6. The van der Waals surface area contributed by atoms with E-state index in [0.29, 0.717) is 5.56 Å². The highest BCUT2D eigenvalue weighted by Crippen LogP contribution is 2.25. The van der Waals surface area contributed by atoms with Crippen LogP contribution in [0, 0.1) is 0 Å². The molecule has 0 fully saturated rings. The van der Waals surface area contributed by atoms with Crippen molar-refractivity contribution in [3.63, 3.8) is 0 Å². The molecule has 4 N–H and O–H groups in total. The Labute approximate surface area is 134 Å². The van der Waals surface area contributed by atoms with Crippen LogP contribution in [0.3, 0.4) is 0 Å². The van der Waals surface area contributed by atoms with Gasteiger partial charge in [-0.15, -0.1) is 12.4 Å². The number of phenols is 2. The molecule has 0 heterocycles. The van der Waals surface area contributed by atoms with E-state index in [1.807, 2.05) is 0 Å². The van der Waals surface area contributed by atoms with Gasteiger partial charge in [0.1, 0.15) is 11.6 Å². The number of alkyl carbamates (subject to hydrolysis) is 1. The van der Waals surface area contributed by atoms with E-state index >= 15 is 0 Å². The van der Waals surface area contributed by atoms with E-state index in [4.69, 9.17) is 9.84 Å². The lowest BCUT2D eigenvalue weighted by Crippen LogP contribution is -2.44. The topological polar surface area (TPSA) is 116 Å². The number of hydrogen-bond acceptors (Lipinski definition) is 5. The standard InChI is InChI=1S/C14H19NO6.ClH/c1-14(2,3)21-13(20)15-9(12(18)19)6-8-4-5-10(16)11(17)7-8;/h4-5,7,9,16-17H,6H2,1-3H3,(H,15,20)(H,18,19);1H/t9-;/m0./s1. The Morgan fingerprint density at radius 2 is 1.82 bits per heavy atom. The molecule has 1 aromatic rings. The van der Waals surface area contributed by atoms with Gasteiger partial charge in [0.15, 0.2) is 11.5 Å². The van der Waals surface area contributed by atoms with Gasteiger partial charge in [0.2, 0.25) is 0 Å². The molecule has 22 heavy (non-hydrogen) atoms. The predicted octanol–water partition coefficient (Wildman–Crippen LogP) is 2.04. The Morgan fingerprint density at radius 3 is 2.27 bits per heavy atom. The van der Waals surface area contributed by atoms with Crippen molar-refractivity contribution in [2.24, 2.45) is 0 Å². The quantitative estimate of drug-likeness (QED) is 0.627. The third kappa shape index (κ3) is 6.53. The highest BCUT2D eigenvalue weighted by Gasteiger charge is 2.24. The molecule has 0 radical (unpaired) electrons. The SMILES string of the molecule is CC(C)(C)OC(=O)N[C@@H](Cc1ccc(O)c(O)c1)C(=O)O.Cl. The summed E-state index contributed by atoms with van der Waals surface area (Å²) in [5.74, 6) is -1.88. The summed E-state index contributed by atoms with van der Waals surface area (Å²) in [6.45, 7) is 5.00. The summed E-state index contributed by atoms with van der Waals surface area (Å²) in [5, 5.41) is 30.0. The van der Waals surface area contributed by atoms with Crippen LogP contribution in [0.15, 0.2) is 18.2 Å². The van der Waals surface area contributed by atoms with Crippen molar-refractivity contribution in [3.8, 4) is 11.5 Å². The number of carbonyl (C=O) groups is 2. The number of phenolic OH excluding ortho intramolecular Hbond substituents is 2. The smallest absolute Gasteiger partial charge is 0.408 e. The summed E-state index contributed by atoms with van der Waals surface area (Å²) < 4.78 is 5.00. The maximum Gasteiger partial charge on any atom is 0.408 e. The third-order valence-corrected chi connectivity index (χ3v) is 2.47. The third-order valence-electron chi connectivity index (χ3n) is 2.47. The summed E-state index contributed by atoms with van der Waals surface area (Å²) in [4.78, 5) is 22.8. The van der Waals surface area contributed by atoms with Crippen LogP contribution < -0.4 is 5.32 Å². The van der Waals surface area contributed by atoms with E-state index < -0.39 is 23.7 Å². The molecular weight excluding hydrogens is 314 g/mol. The minimum absolute atomic E-state index is 0. The van der Waals surface area contributed by atoms with Crippen LogP contribution in [-0.4, -0.2) is 39.0 Å². The van der Waals surface area contributed by atoms with Gasteiger partial charge >= 0.3 is 12.1 Å². The Hall–Kier alpha value is -2.15. The van der Waals surface area contributed by atoms with Crippen LogP contribution in [0.4, 0.5) is 4.79 Å². The summed E-state index contributed by atoms with van der Waals surface area (Å²) in [5.41, 5.74) is -0.280. The molecule has 0 saturated carbocycles. The number of amides is 1. The average Bonchev–Trinajstić information content (AvgIpc) is 2.30. The number of nitrogens with one attached hydrogen (secondary N) is 1. The van der Waals surface area contributed by atoms with Crippen molar-refractivity contribution in [3.05, 3.63) is 23.8 Å². The fourth-order valence-electron chi connectivity index (χ4n) is 1.58. The Morgan fingerprint density at radius 1 is 1.23 bits per heavy atom. The van der Waals surface area contributed by atoms with Crippen LogP contribution in [-0.2, 0) is 16.0 Å². The van der Waals surface area contributed by atoms with Crippen molar-refractivity contribution in [1.82, 2.24) is 5.32 Å². The first-order valence-electron chi connectivity index (χ1n) is 6.31. The number of carboxylic acid groups (broad SMARTS) is 1. The molecule has 1 amide bonds. The van der Waals surface area contributed by atoms with E-state index in [2.05, 4.69) is 5.32 Å². The molecule has 0 aliphatic rings. The highest BCUT2D eigenvalue weighted by molar-refractivity contribution is 5.85. The number of carboxylic acids is 1. The van der Waals surface area contributed by atoms with Crippen LogP contribution >= 0.6 is 12.4 Å². The number of aliphatic carboxylic acids is 1. The zero-order valence-electron chi connectivity index (χ0n) is 12.5. The van der Waals surface area contributed by atoms with Gasteiger partial charge in [-0.1, -0.05) is 6.07 Å². The number of hydrogen-bond donors (Lipinski definition) is 4. The molecule has 0 spiro atoms. The van der Waals surface area contributed by atoms with Gasteiger partial charge in [-0.25, -0.2) is 9.59 Å². The maximum absolute atomic E-state index is 11.6. The first-order chi connectivity index (χ1) is 9.58. The summed E-state index contributed by atoms with van der Waals surface area (Å²) in [6, 6.07) is 2.74. The largest absolute Gasteiger partial charge is 0.504 e. The van der Waals surface area contributed by atoms with Crippen molar-refractivity contribution >= 4 is 24.5 Å². The van der Waals surface area contributed by atoms with Crippen molar-refractivity contribution < 1.29 is 29.6 Å². The molecule has 0 aliphatic heterocycles. The lowest BCUT2D eigenvalue weighted by atomic mass is 10.1. The van der Waals surface area contributed by atoms with Crippen LogP contribution in [0.2, 0.25) is 0 Å². The molecule has 7 nitrogen and oxygen atoms in total. The minimum Gasteiger partial charge on any atom is -0.504 e. The number of aromatic hydroxyl groups is 2.